The summed E-state index contributed by atoms with van der Waals surface area (Å²) in [6.45, 7) is 0.342. The van der Waals surface area contributed by atoms with Crippen molar-refractivity contribution in [3.63, 3.8) is 0 Å². The Morgan fingerprint density at radius 2 is 1.82 bits per heavy atom. The lowest BCUT2D eigenvalue weighted by Crippen LogP contribution is -2.48. The Bertz CT molecular complexity index is 961. The smallest absolute Gasteiger partial charge is 0.371 e. The highest BCUT2D eigenvalue weighted by Gasteiger charge is 2.53. The molecule has 6 nitrogen and oxygen atoms in total. The topological polar surface area (TPSA) is 76.4 Å². The number of piperidine rings is 1. The number of nitriles is 1. The van der Waals surface area contributed by atoms with E-state index in [9.17, 15) is 35.9 Å². The van der Waals surface area contributed by atoms with Crippen LogP contribution in [0.2, 0.25) is 0 Å². The summed E-state index contributed by atoms with van der Waals surface area (Å²) in [7, 11) is 1.40. The number of carbonyl (C=O) groups excluding carboxylic acids is 2. The third kappa shape index (κ3) is 5.17. The van der Waals surface area contributed by atoms with Crippen molar-refractivity contribution in [3.05, 3.63) is 29.3 Å². The normalized spacial score (nSPS) is 20.6. The number of hydrogen-bond acceptors (Lipinski definition) is 4. The molecule has 2 aliphatic heterocycles. The van der Waals surface area contributed by atoms with Crippen LogP contribution in [0.4, 0.5) is 32.0 Å². The van der Waals surface area contributed by atoms with Crippen molar-refractivity contribution in [3.8, 4) is 6.07 Å². The van der Waals surface area contributed by atoms with Crippen LogP contribution in [-0.2, 0) is 15.8 Å². The highest BCUT2D eigenvalue weighted by molar-refractivity contribution is 5.83. The zero-order valence-corrected chi connectivity index (χ0v) is 17.7. The summed E-state index contributed by atoms with van der Waals surface area (Å²) < 4.78 is 78.0. The molecule has 0 saturated carbocycles. The number of rotatable bonds is 3. The molecule has 2 heterocycles. The van der Waals surface area contributed by atoms with Crippen LogP contribution in [0, 0.1) is 22.7 Å². The van der Waals surface area contributed by atoms with E-state index in [0.717, 1.165) is 17.0 Å². The van der Waals surface area contributed by atoms with Crippen molar-refractivity contribution >= 4 is 17.5 Å². The molecular weight excluding hydrogens is 454 g/mol. The van der Waals surface area contributed by atoms with Gasteiger partial charge in [-0.25, -0.2) is 0 Å². The highest BCUT2D eigenvalue weighted by atomic mass is 19.4. The number of amides is 2. The maximum atomic E-state index is 13.3. The second kappa shape index (κ2) is 8.76. The van der Waals surface area contributed by atoms with Gasteiger partial charge in [0, 0.05) is 44.3 Å². The van der Waals surface area contributed by atoms with Crippen LogP contribution < -0.4 is 10.2 Å². The Balaban J connectivity index is 1.80. The van der Waals surface area contributed by atoms with E-state index in [1.807, 2.05) is 0 Å². The maximum absolute atomic E-state index is 13.3. The molecule has 1 atom stereocenters. The van der Waals surface area contributed by atoms with Gasteiger partial charge in [0.15, 0.2) is 0 Å². The molecule has 1 aromatic carbocycles. The summed E-state index contributed by atoms with van der Waals surface area (Å²) in [5, 5.41) is 11.5. The van der Waals surface area contributed by atoms with Crippen molar-refractivity contribution in [2.45, 2.75) is 31.6 Å². The maximum Gasteiger partial charge on any atom is 0.417 e. The lowest BCUT2D eigenvalue weighted by Gasteiger charge is -2.43. The van der Waals surface area contributed by atoms with Gasteiger partial charge in [-0.3, -0.25) is 9.59 Å². The van der Waals surface area contributed by atoms with Gasteiger partial charge in [-0.2, -0.15) is 31.6 Å². The van der Waals surface area contributed by atoms with Gasteiger partial charge in [-0.05, 0) is 31.0 Å². The van der Waals surface area contributed by atoms with Gasteiger partial charge in [0.25, 0.3) is 0 Å². The van der Waals surface area contributed by atoms with Crippen molar-refractivity contribution < 1.29 is 35.9 Å². The fourth-order valence-electron chi connectivity index (χ4n) is 4.76. The molecule has 2 fully saturated rings. The minimum atomic E-state index is -4.70. The number of halogens is 6. The van der Waals surface area contributed by atoms with Gasteiger partial charge < -0.3 is 15.1 Å². The molecule has 1 unspecified atom stereocenters. The van der Waals surface area contributed by atoms with Crippen LogP contribution >= 0.6 is 0 Å². The SMILES string of the molecule is CNC(=O)C1CN(C(=O)CC(F)(F)F)CC12CCN(c1ccc(C#N)c(C(F)(F)F)c1)CC2. The lowest BCUT2D eigenvalue weighted by molar-refractivity contribution is -0.161. The van der Waals surface area contributed by atoms with E-state index in [-0.39, 0.29) is 37.8 Å². The Morgan fingerprint density at radius 3 is 2.33 bits per heavy atom. The Hall–Kier alpha value is -2.97. The fraction of sp³-hybridized carbons (Fsp3) is 0.571. The number of nitrogens with zero attached hydrogens (tertiary/aromatic N) is 3. The third-order valence-electron chi connectivity index (χ3n) is 6.47. The predicted molar refractivity (Wildman–Crippen MR) is 105 cm³/mol. The van der Waals surface area contributed by atoms with E-state index in [1.165, 1.54) is 19.2 Å². The molecule has 2 aliphatic rings. The van der Waals surface area contributed by atoms with Gasteiger partial charge in [0.05, 0.1) is 23.1 Å². The van der Waals surface area contributed by atoms with Crippen LogP contribution in [0.25, 0.3) is 0 Å². The first kappa shape index (κ1) is 24.7. The number of alkyl halides is 6. The van der Waals surface area contributed by atoms with Crippen LogP contribution in [-0.4, -0.2) is 56.1 Å². The van der Waals surface area contributed by atoms with Crippen LogP contribution in [0.3, 0.4) is 0 Å². The summed E-state index contributed by atoms with van der Waals surface area (Å²) in [6.07, 6.45) is -10.4. The monoisotopic (exact) mass is 476 g/mol. The molecule has 1 spiro atoms. The summed E-state index contributed by atoms with van der Waals surface area (Å²) in [6, 6.07) is 4.94. The van der Waals surface area contributed by atoms with Crippen molar-refractivity contribution in [2.24, 2.45) is 11.3 Å². The second-order valence-electron chi connectivity index (χ2n) is 8.42. The fourth-order valence-corrected chi connectivity index (χ4v) is 4.76. The molecule has 2 saturated heterocycles. The van der Waals surface area contributed by atoms with Gasteiger partial charge in [-0.1, -0.05) is 0 Å². The summed E-state index contributed by atoms with van der Waals surface area (Å²) in [5.41, 5.74) is -2.04. The number of nitrogens with one attached hydrogen (secondary N) is 1. The summed E-state index contributed by atoms with van der Waals surface area (Å²) >= 11 is 0. The third-order valence-corrected chi connectivity index (χ3v) is 6.47. The largest absolute Gasteiger partial charge is 0.417 e. The molecule has 3 rings (SSSR count). The molecule has 1 N–H and O–H groups in total. The quantitative estimate of drug-likeness (QED) is 0.680. The first-order valence-electron chi connectivity index (χ1n) is 10.2. The molecule has 180 valence electrons. The van der Waals surface area contributed by atoms with E-state index >= 15 is 0 Å². The van der Waals surface area contributed by atoms with Crippen molar-refractivity contribution in [2.75, 3.05) is 38.1 Å². The number of hydrogen-bond donors (Lipinski definition) is 1. The number of anilines is 1. The summed E-state index contributed by atoms with van der Waals surface area (Å²) in [5.74, 6) is -2.20. The Morgan fingerprint density at radius 1 is 1.18 bits per heavy atom. The molecule has 0 aromatic heterocycles. The average Bonchev–Trinajstić information content (AvgIpc) is 3.10. The van der Waals surface area contributed by atoms with Crippen molar-refractivity contribution in [1.82, 2.24) is 10.2 Å². The molecule has 33 heavy (non-hydrogen) atoms. The molecule has 0 aliphatic carbocycles. The minimum absolute atomic E-state index is 0.0188. The molecule has 0 radical (unpaired) electrons. The van der Waals surface area contributed by atoms with E-state index in [4.69, 9.17) is 5.26 Å². The van der Waals surface area contributed by atoms with Crippen LogP contribution in [0.15, 0.2) is 18.2 Å². The van der Waals surface area contributed by atoms with Gasteiger partial charge in [0.1, 0.15) is 6.42 Å². The molecular formula is C21H22F6N4O2. The molecule has 1 aromatic rings. The zero-order chi connectivity index (χ0) is 24.6. The second-order valence-corrected chi connectivity index (χ2v) is 8.42. The first-order chi connectivity index (χ1) is 15.3. The minimum Gasteiger partial charge on any atom is -0.371 e. The highest BCUT2D eigenvalue weighted by Crippen LogP contribution is 2.46. The zero-order valence-electron chi connectivity index (χ0n) is 17.7. The van der Waals surface area contributed by atoms with Crippen LogP contribution in [0.5, 0.6) is 0 Å². The van der Waals surface area contributed by atoms with E-state index in [0.29, 0.717) is 12.8 Å². The van der Waals surface area contributed by atoms with Crippen molar-refractivity contribution in [1.29, 1.82) is 5.26 Å². The first-order valence-corrected chi connectivity index (χ1v) is 10.2. The van der Waals surface area contributed by atoms with E-state index < -0.39 is 47.1 Å². The Labute approximate surface area is 186 Å². The van der Waals surface area contributed by atoms with Gasteiger partial charge >= 0.3 is 12.4 Å². The number of likely N-dealkylation sites (tertiary alicyclic amines) is 1. The van der Waals surface area contributed by atoms with E-state index in [1.54, 1.807) is 4.90 Å². The number of carbonyl (C=O) groups is 2. The number of benzene rings is 1. The van der Waals surface area contributed by atoms with Gasteiger partial charge in [-0.15, -0.1) is 0 Å². The Kier molecular flexibility index (Phi) is 6.55. The molecule has 2 amide bonds. The predicted octanol–water partition coefficient (Wildman–Crippen LogP) is 3.32. The standard InChI is InChI=1S/C21H22F6N4O2/c1-29-18(33)16-11-31(17(32)9-20(22,23)24)12-19(16)4-6-30(7-5-19)14-3-2-13(10-28)15(8-14)21(25,26)27/h2-3,8,16H,4-7,9,11-12H2,1H3,(H,29,33). The van der Waals surface area contributed by atoms with E-state index in [2.05, 4.69) is 5.32 Å². The average molecular weight is 476 g/mol. The molecule has 12 heteroatoms. The van der Waals surface area contributed by atoms with Crippen LogP contribution in [0.1, 0.15) is 30.4 Å². The summed E-state index contributed by atoms with van der Waals surface area (Å²) in [4.78, 5) is 27.4. The lowest BCUT2D eigenvalue weighted by atomic mass is 9.70. The molecule has 0 bridgehead atoms. The van der Waals surface area contributed by atoms with Gasteiger partial charge in [0.2, 0.25) is 11.8 Å².